The van der Waals surface area contributed by atoms with Crippen LogP contribution in [0.15, 0.2) is 47.6 Å². The average molecular weight is 434 g/mol. The number of carbonyl (C=O) groups is 1. The third-order valence-electron chi connectivity index (χ3n) is 5.33. The summed E-state index contributed by atoms with van der Waals surface area (Å²) in [4.78, 5) is 22.9. The Hall–Kier alpha value is -3.94. The fourth-order valence-corrected chi connectivity index (χ4v) is 3.68. The summed E-state index contributed by atoms with van der Waals surface area (Å²) in [6, 6.07) is 12.4. The number of nitro benzene ring substituents is 1. The molecule has 3 aromatic rings. The van der Waals surface area contributed by atoms with Crippen LogP contribution in [0.25, 0.3) is 5.69 Å². The fourth-order valence-electron chi connectivity index (χ4n) is 3.68. The van der Waals surface area contributed by atoms with Crippen LogP contribution in [-0.2, 0) is 11.2 Å². The summed E-state index contributed by atoms with van der Waals surface area (Å²) < 4.78 is 7.31. The van der Waals surface area contributed by atoms with Crippen molar-refractivity contribution in [2.45, 2.75) is 34.1 Å². The molecule has 0 radical (unpaired) electrons. The van der Waals surface area contributed by atoms with Gasteiger partial charge in [-0.05, 0) is 51.0 Å². The van der Waals surface area contributed by atoms with Crippen molar-refractivity contribution in [1.82, 2.24) is 9.99 Å². The third-order valence-corrected chi connectivity index (χ3v) is 5.33. The van der Waals surface area contributed by atoms with E-state index in [1.807, 2.05) is 56.5 Å². The number of carbonyl (C=O) groups excluding carboxylic acids is 1. The number of hydrazone groups is 1. The summed E-state index contributed by atoms with van der Waals surface area (Å²) in [7, 11) is 1.48. The van der Waals surface area contributed by atoms with Crippen LogP contribution in [0.3, 0.4) is 0 Å². The summed E-state index contributed by atoms with van der Waals surface area (Å²) in [5.41, 5.74) is 9.00. The van der Waals surface area contributed by atoms with Gasteiger partial charge in [-0.1, -0.05) is 23.8 Å². The number of rotatable bonds is 7. The lowest BCUT2D eigenvalue weighted by Gasteiger charge is -2.13. The normalized spacial score (nSPS) is 11.0. The zero-order chi connectivity index (χ0) is 23.4. The fraction of sp³-hybridized carbons (Fsp3) is 0.250. The Balaban J connectivity index is 1.78. The van der Waals surface area contributed by atoms with Gasteiger partial charge in [0, 0.05) is 23.0 Å². The van der Waals surface area contributed by atoms with Crippen molar-refractivity contribution in [3.8, 4) is 11.4 Å². The maximum absolute atomic E-state index is 12.3. The van der Waals surface area contributed by atoms with Gasteiger partial charge in [0.15, 0.2) is 0 Å². The molecule has 1 amide bonds. The first-order chi connectivity index (χ1) is 15.2. The predicted molar refractivity (Wildman–Crippen MR) is 124 cm³/mol. The lowest BCUT2D eigenvalue weighted by molar-refractivity contribution is -0.384. The van der Waals surface area contributed by atoms with E-state index in [1.54, 1.807) is 12.3 Å². The van der Waals surface area contributed by atoms with Gasteiger partial charge in [0.25, 0.3) is 5.69 Å². The average Bonchev–Trinajstić information content (AvgIpc) is 3.02. The van der Waals surface area contributed by atoms with Crippen LogP contribution in [0.1, 0.15) is 33.6 Å². The molecule has 0 unspecified atom stereocenters. The highest BCUT2D eigenvalue weighted by atomic mass is 16.6. The van der Waals surface area contributed by atoms with Crippen molar-refractivity contribution in [2.24, 2.45) is 5.10 Å². The van der Waals surface area contributed by atoms with Gasteiger partial charge in [-0.15, -0.1) is 0 Å². The SMILES string of the molecule is COc1cc([N+](=O)[O-])ccc1-n1c(C)cc(/C=N\NC(=O)Cc2ccc(C)cc2C)c1C. The van der Waals surface area contributed by atoms with Gasteiger partial charge in [-0.2, -0.15) is 5.10 Å². The second-order valence-corrected chi connectivity index (χ2v) is 7.68. The number of hydrogen-bond donors (Lipinski definition) is 1. The van der Waals surface area contributed by atoms with Crippen LogP contribution in [0, 0.1) is 37.8 Å². The molecule has 0 aliphatic heterocycles. The zero-order valence-corrected chi connectivity index (χ0v) is 18.8. The van der Waals surface area contributed by atoms with E-state index in [1.165, 1.54) is 19.2 Å². The second kappa shape index (κ2) is 9.47. The summed E-state index contributed by atoms with van der Waals surface area (Å²) in [5, 5.41) is 15.2. The first kappa shape index (κ1) is 22.7. The van der Waals surface area contributed by atoms with Gasteiger partial charge in [0.1, 0.15) is 5.75 Å². The van der Waals surface area contributed by atoms with Crippen LogP contribution in [-0.4, -0.2) is 28.7 Å². The van der Waals surface area contributed by atoms with Crippen molar-refractivity contribution in [1.29, 1.82) is 0 Å². The number of benzene rings is 2. The highest BCUT2D eigenvalue weighted by molar-refractivity contribution is 5.85. The Morgan fingerprint density at radius 1 is 1.16 bits per heavy atom. The molecule has 0 atom stereocenters. The van der Waals surface area contributed by atoms with Crippen LogP contribution in [0.5, 0.6) is 5.75 Å². The molecule has 1 aromatic heterocycles. The van der Waals surface area contributed by atoms with Crippen molar-refractivity contribution in [3.63, 3.8) is 0 Å². The number of nitrogens with zero attached hydrogens (tertiary/aromatic N) is 3. The number of hydrogen-bond acceptors (Lipinski definition) is 5. The van der Waals surface area contributed by atoms with E-state index < -0.39 is 4.92 Å². The maximum atomic E-state index is 12.3. The van der Waals surface area contributed by atoms with Crippen molar-refractivity contribution in [2.75, 3.05) is 7.11 Å². The largest absolute Gasteiger partial charge is 0.494 e. The molecule has 0 spiro atoms. The molecule has 8 heteroatoms. The Labute approximate surface area is 186 Å². The third kappa shape index (κ3) is 4.85. The second-order valence-electron chi connectivity index (χ2n) is 7.68. The molecule has 0 saturated heterocycles. The van der Waals surface area contributed by atoms with Crippen LogP contribution in [0.2, 0.25) is 0 Å². The van der Waals surface area contributed by atoms with Crippen LogP contribution in [0.4, 0.5) is 5.69 Å². The van der Waals surface area contributed by atoms with E-state index in [2.05, 4.69) is 10.5 Å². The lowest BCUT2D eigenvalue weighted by Crippen LogP contribution is -2.20. The van der Waals surface area contributed by atoms with E-state index in [0.29, 0.717) is 11.4 Å². The number of nitro groups is 1. The van der Waals surface area contributed by atoms with Gasteiger partial charge in [-0.25, -0.2) is 5.43 Å². The van der Waals surface area contributed by atoms with Gasteiger partial charge in [-0.3, -0.25) is 14.9 Å². The van der Waals surface area contributed by atoms with E-state index in [0.717, 1.165) is 33.6 Å². The number of amides is 1. The Bertz CT molecular complexity index is 1210. The van der Waals surface area contributed by atoms with Crippen molar-refractivity contribution in [3.05, 3.63) is 86.2 Å². The quantitative estimate of drug-likeness (QED) is 0.340. The van der Waals surface area contributed by atoms with E-state index in [4.69, 9.17) is 4.74 Å². The molecule has 0 aliphatic carbocycles. The molecule has 1 heterocycles. The number of nitrogens with one attached hydrogen (secondary N) is 1. The predicted octanol–water partition coefficient (Wildman–Crippen LogP) is 4.32. The van der Waals surface area contributed by atoms with E-state index in [-0.39, 0.29) is 18.0 Å². The minimum Gasteiger partial charge on any atom is -0.494 e. The van der Waals surface area contributed by atoms with Crippen LogP contribution < -0.4 is 10.2 Å². The number of aryl methyl sites for hydroxylation is 3. The first-order valence-corrected chi connectivity index (χ1v) is 10.1. The summed E-state index contributed by atoms with van der Waals surface area (Å²) >= 11 is 0. The maximum Gasteiger partial charge on any atom is 0.273 e. The molecule has 166 valence electrons. The van der Waals surface area contributed by atoms with Crippen LogP contribution >= 0.6 is 0 Å². The number of methoxy groups -OCH3 is 1. The minimum absolute atomic E-state index is 0.0404. The monoisotopic (exact) mass is 434 g/mol. The molecular weight excluding hydrogens is 408 g/mol. The Morgan fingerprint density at radius 2 is 1.91 bits per heavy atom. The van der Waals surface area contributed by atoms with Crippen molar-refractivity contribution < 1.29 is 14.5 Å². The highest BCUT2D eigenvalue weighted by Crippen LogP contribution is 2.31. The summed E-state index contributed by atoms with van der Waals surface area (Å²) in [6.07, 6.45) is 1.85. The first-order valence-electron chi connectivity index (χ1n) is 10.1. The molecule has 8 nitrogen and oxygen atoms in total. The number of aromatic nitrogens is 1. The standard InChI is InChI=1S/C24H26N4O4/c1-15-6-7-19(16(2)10-15)12-24(29)26-25-14-20-11-17(3)27(18(20)4)22-9-8-21(28(30)31)13-23(22)32-5/h6-11,13-14H,12H2,1-5H3,(H,26,29)/b25-14-. The van der Waals surface area contributed by atoms with Gasteiger partial charge >= 0.3 is 0 Å². The van der Waals surface area contributed by atoms with Gasteiger partial charge < -0.3 is 9.30 Å². The Kier molecular flexibility index (Phi) is 6.73. The summed E-state index contributed by atoms with van der Waals surface area (Å²) in [5.74, 6) is 0.199. The molecule has 0 bridgehead atoms. The summed E-state index contributed by atoms with van der Waals surface area (Å²) in [6.45, 7) is 7.83. The van der Waals surface area contributed by atoms with E-state index >= 15 is 0 Å². The molecule has 2 aromatic carbocycles. The van der Waals surface area contributed by atoms with Gasteiger partial charge in [0.2, 0.25) is 5.91 Å². The molecule has 0 saturated carbocycles. The topological polar surface area (TPSA) is 98.8 Å². The zero-order valence-electron chi connectivity index (χ0n) is 18.8. The number of ether oxygens (including phenoxy) is 1. The molecule has 0 aliphatic rings. The van der Waals surface area contributed by atoms with Crippen molar-refractivity contribution >= 4 is 17.8 Å². The number of non-ortho nitro benzene ring substituents is 1. The van der Waals surface area contributed by atoms with Gasteiger partial charge in [0.05, 0.1) is 36.4 Å². The highest BCUT2D eigenvalue weighted by Gasteiger charge is 2.17. The Morgan fingerprint density at radius 3 is 2.56 bits per heavy atom. The molecular formula is C24H26N4O4. The molecule has 0 fully saturated rings. The van der Waals surface area contributed by atoms with E-state index in [9.17, 15) is 14.9 Å². The molecule has 32 heavy (non-hydrogen) atoms. The lowest BCUT2D eigenvalue weighted by atomic mass is 10.0. The molecule has 1 N–H and O–H groups in total. The smallest absolute Gasteiger partial charge is 0.273 e. The molecule has 3 rings (SSSR count). The minimum atomic E-state index is -0.458.